The van der Waals surface area contributed by atoms with Gasteiger partial charge in [0, 0.05) is 38.2 Å². The molecule has 274 valence electrons. The summed E-state index contributed by atoms with van der Waals surface area (Å²) in [5, 5.41) is 25.2. The van der Waals surface area contributed by atoms with E-state index >= 15 is 0 Å². The zero-order valence-corrected chi connectivity index (χ0v) is 32.0. The first-order chi connectivity index (χ1) is 28.3. The minimum atomic E-state index is 0.474. The summed E-state index contributed by atoms with van der Waals surface area (Å²) in [4.78, 5) is 27.6. The second-order valence-corrected chi connectivity index (χ2v) is 14.4. The molecule has 0 bridgehead atoms. The number of nitrogens with zero attached hydrogens (tertiary/aromatic N) is 10. The van der Waals surface area contributed by atoms with Crippen LogP contribution in [0, 0.1) is 50.4 Å². The molecule has 0 unspecified atom stereocenters. The molecule has 0 radical (unpaired) electrons. The first-order valence-electron chi connectivity index (χ1n) is 18.8. The summed E-state index contributed by atoms with van der Waals surface area (Å²) in [5.74, 6) is 3.74. The number of aromatic nitrogens is 8. The molecule has 0 aliphatic heterocycles. The van der Waals surface area contributed by atoms with Gasteiger partial charge in [-0.2, -0.15) is 10.5 Å². The van der Waals surface area contributed by atoms with Crippen molar-refractivity contribution in [3.8, 4) is 57.4 Å². The number of hydrogen-bond acceptors (Lipinski definition) is 8. The van der Waals surface area contributed by atoms with Crippen LogP contribution >= 0.6 is 0 Å². The van der Waals surface area contributed by atoms with Crippen molar-refractivity contribution in [3.05, 3.63) is 156 Å². The Balaban J connectivity index is 1.36. The third-order valence-corrected chi connectivity index (χ3v) is 10.6. The van der Waals surface area contributed by atoms with Gasteiger partial charge in [0.05, 0.1) is 56.7 Å². The van der Waals surface area contributed by atoms with Crippen LogP contribution in [0.25, 0.3) is 88.9 Å². The second-order valence-electron chi connectivity index (χ2n) is 14.4. The molecule has 10 nitrogen and oxygen atoms in total. The highest BCUT2D eigenvalue weighted by molar-refractivity contribution is 6.13. The number of nitriles is 2. The highest BCUT2D eigenvalue weighted by Gasteiger charge is 2.24. The van der Waals surface area contributed by atoms with E-state index < -0.39 is 0 Å². The van der Waals surface area contributed by atoms with Crippen LogP contribution in [0.15, 0.2) is 121 Å². The van der Waals surface area contributed by atoms with Crippen molar-refractivity contribution in [2.75, 3.05) is 0 Å². The van der Waals surface area contributed by atoms with Gasteiger partial charge in [-0.15, -0.1) is 0 Å². The van der Waals surface area contributed by atoms with E-state index in [0.29, 0.717) is 46.1 Å². The van der Waals surface area contributed by atoms with Crippen LogP contribution in [0.4, 0.5) is 0 Å². The average molecular weight is 749 g/mol. The molecule has 0 N–H and O–H groups in total. The van der Waals surface area contributed by atoms with Gasteiger partial charge >= 0.3 is 0 Å². The molecule has 0 atom stereocenters. The molecule has 0 aliphatic carbocycles. The molecule has 6 aromatic carbocycles. The SMILES string of the molecule is Cc1nc(C)nc(-c2ccc3c4ccccc4n(-c4cc(C#N)cc(-n5c6ccccc6c6ccc(-c7nc(C)nc(C)n7)cc65)c4-c4cccc(C#N)c4)c3c2)n1. The number of para-hydroxylation sites is 2. The molecule has 0 fully saturated rings. The minimum Gasteiger partial charge on any atom is -0.308 e. The topological polar surface area (TPSA) is 135 Å². The lowest BCUT2D eigenvalue weighted by Crippen LogP contribution is -2.05. The van der Waals surface area contributed by atoms with Gasteiger partial charge in [0.2, 0.25) is 0 Å². The second kappa shape index (κ2) is 13.3. The largest absolute Gasteiger partial charge is 0.308 e. The fraction of sp³-hybridized carbons (Fsp3) is 0.0833. The molecule has 0 amide bonds. The third-order valence-electron chi connectivity index (χ3n) is 10.6. The summed E-state index contributed by atoms with van der Waals surface area (Å²) < 4.78 is 4.45. The first kappa shape index (κ1) is 34.4. The summed E-state index contributed by atoms with van der Waals surface area (Å²) in [6, 6.07) is 45.5. The van der Waals surface area contributed by atoms with Gasteiger partial charge < -0.3 is 9.13 Å². The Bertz CT molecular complexity index is 3200. The highest BCUT2D eigenvalue weighted by atomic mass is 15.0. The van der Waals surface area contributed by atoms with E-state index in [9.17, 15) is 10.5 Å². The van der Waals surface area contributed by atoms with Crippen molar-refractivity contribution in [1.29, 1.82) is 10.5 Å². The normalized spacial score (nSPS) is 11.4. The quantitative estimate of drug-likeness (QED) is 0.170. The molecule has 0 aliphatic rings. The molecule has 10 aromatic rings. The Kier molecular flexibility index (Phi) is 7.89. The van der Waals surface area contributed by atoms with Gasteiger partial charge in [-0.25, -0.2) is 29.9 Å². The molecule has 58 heavy (non-hydrogen) atoms. The monoisotopic (exact) mass is 748 g/mol. The Morgan fingerprint density at radius 3 is 1.31 bits per heavy atom. The molecule has 10 heteroatoms. The summed E-state index contributed by atoms with van der Waals surface area (Å²) in [7, 11) is 0. The van der Waals surface area contributed by atoms with Crippen molar-refractivity contribution in [3.63, 3.8) is 0 Å². The Labute approximate surface area is 333 Å². The van der Waals surface area contributed by atoms with Crippen molar-refractivity contribution in [2.24, 2.45) is 0 Å². The standard InChI is InChI=1S/C48H32N10/c1-27-51-28(2)54-47(53-27)34-16-18-38-36-12-5-7-14-40(36)57(42(38)23-34)44-21-32(26-50)22-45(46(44)33-11-9-10-31(20-33)25-49)58-41-15-8-6-13-37(41)39-19-17-35(24-43(39)58)48-55-29(3)52-30(4)56-48/h5-24H,1-4H3. The smallest absolute Gasteiger partial charge is 0.163 e. The Hall–Kier alpha value is -8.08. The zero-order chi connectivity index (χ0) is 39.7. The van der Waals surface area contributed by atoms with Crippen molar-refractivity contribution < 1.29 is 0 Å². The Morgan fingerprint density at radius 2 is 0.845 bits per heavy atom. The van der Waals surface area contributed by atoms with E-state index in [4.69, 9.17) is 19.9 Å². The van der Waals surface area contributed by atoms with Gasteiger partial charge in [0.25, 0.3) is 0 Å². The lowest BCUT2D eigenvalue weighted by Gasteiger charge is -2.21. The number of aryl methyl sites for hydroxylation is 4. The van der Waals surface area contributed by atoms with Crippen molar-refractivity contribution in [1.82, 2.24) is 39.0 Å². The lowest BCUT2D eigenvalue weighted by atomic mass is 9.96. The molecule has 0 spiro atoms. The molecule has 4 heterocycles. The van der Waals surface area contributed by atoms with E-state index in [1.54, 1.807) is 0 Å². The first-order valence-corrected chi connectivity index (χ1v) is 18.8. The number of rotatable bonds is 5. The maximum absolute atomic E-state index is 10.8. The molecular weight excluding hydrogens is 717 g/mol. The number of benzene rings is 6. The van der Waals surface area contributed by atoms with Gasteiger partial charge in [-0.1, -0.05) is 72.8 Å². The van der Waals surface area contributed by atoms with Crippen LogP contribution < -0.4 is 0 Å². The summed E-state index contributed by atoms with van der Waals surface area (Å²) in [6.07, 6.45) is 0. The maximum Gasteiger partial charge on any atom is 0.163 e. The van der Waals surface area contributed by atoms with Crippen LogP contribution in [-0.2, 0) is 0 Å². The van der Waals surface area contributed by atoms with E-state index in [0.717, 1.165) is 77.2 Å². The number of hydrogen-bond donors (Lipinski definition) is 0. The predicted octanol–water partition coefficient (Wildman–Crippen LogP) is 10.2. The molecule has 4 aromatic heterocycles. The van der Waals surface area contributed by atoms with Crippen molar-refractivity contribution >= 4 is 43.6 Å². The van der Waals surface area contributed by atoms with Crippen LogP contribution in [0.3, 0.4) is 0 Å². The van der Waals surface area contributed by atoms with Gasteiger partial charge in [0.15, 0.2) is 11.6 Å². The molecular formula is C48H32N10. The predicted molar refractivity (Wildman–Crippen MR) is 227 cm³/mol. The number of fused-ring (bicyclic) bond motifs is 6. The van der Waals surface area contributed by atoms with Crippen LogP contribution in [0.2, 0.25) is 0 Å². The fourth-order valence-corrected chi connectivity index (χ4v) is 8.30. The third kappa shape index (κ3) is 5.55. The summed E-state index contributed by atoms with van der Waals surface area (Å²) in [5.41, 5.74) is 9.65. The van der Waals surface area contributed by atoms with Gasteiger partial charge in [0.1, 0.15) is 23.3 Å². The zero-order valence-electron chi connectivity index (χ0n) is 32.0. The Morgan fingerprint density at radius 1 is 0.397 bits per heavy atom. The van der Waals surface area contributed by atoms with E-state index in [-0.39, 0.29) is 0 Å². The van der Waals surface area contributed by atoms with Crippen LogP contribution in [0.5, 0.6) is 0 Å². The minimum absolute atomic E-state index is 0.474. The van der Waals surface area contributed by atoms with Gasteiger partial charge in [-0.3, -0.25) is 0 Å². The molecule has 0 saturated carbocycles. The van der Waals surface area contributed by atoms with Crippen molar-refractivity contribution in [2.45, 2.75) is 27.7 Å². The molecule has 10 rings (SSSR count). The highest BCUT2D eigenvalue weighted by Crippen LogP contribution is 2.44. The fourth-order valence-electron chi connectivity index (χ4n) is 8.30. The summed E-state index contributed by atoms with van der Waals surface area (Å²) in [6.45, 7) is 7.48. The lowest BCUT2D eigenvalue weighted by molar-refractivity contribution is 0.928. The van der Waals surface area contributed by atoms with Gasteiger partial charge in [-0.05, 0) is 81.8 Å². The van der Waals surface area contributed by atoms with E-state index in [1.807, 2.05) is 100 Å². The van der Waals surface area contributed by atoms with Crippen LogP contribution in [-0.4, -0.2) is 39.0 Å². The maximum atomic E-state index is 10.8. The molecule has 0 saturated heterocycles. The van der Waals surface area contributed by atoms with Crippen LogP contribution in [0.1, 0.15) is 34.4 Å². The average Bonchev–Trinajstić information content (AvgIpc) is 3.74. The summed E-state index contributed by atoms with van der Waals surface area (Å²) >= 11 is 0. The van der Waals surface area contributed by atoms with E-state index in [2.05, 4.69) is 79.8 Å². The van der Waals surface area contributed by atoms with E-state index in [1.165, 1.54) is 0 Å².